The fraction of sp³-hybridized carbons (Fsp3) is 0.353. The minimum Gasteiger partial charge on any atom is -0.394 e. The number of ether oxygens (including phenoxy) is 1. The smallest absolute Gasteiger partial charge is 0.167 e. The number of hydrogen-bond acceptors (Lipinski definition) is 8. The van der Waals surface area contributed by atoms with E-state index in [1.807, 2.05) is 24.3 Å². The van der Waals surface area contributed by atoms with Crippen LogP contribution in [0, 0.1) is 3.57 Å². The lowest BCUT2D eigenvalue weighted by Crippen LogP contribution is -2.33. The van der Waals surface area contributed by atoms with Gasteiger partial charge in [0.15, 0.2) is 23.2 Å². The van der Waals surface area contributed by atoms with Crippen molar-refractivity contribution in [2.75, 3.05) is 11.9 Å². The van der Waals surface area contributed by atoms with E-state index < -0.39 is 24.5 Å². The molecule has 4 rings (SSSR count). The lowest BCUT2D eigenvalue weighted by molar-refractivity contribution is -0.0511. The largest absolute Gasteiger partial charge is 0.394 e. The number of benzene rings is 1. The van der Waals surface area contributed by atoms with Gasteiger partial charge in [-0.2, -0.15) is 0 Å². The van der Waals surface area contributed by atoms with Gasteiger partial charge < -0.3 is 25.4 Å². The molecular formula is C17H18IN5O4. The summed E-state index contributed by atoms with van der Waals surface area (Å²) in [4.78, 5) is 12.8. The van der Waals surface area contributed by atoms with Crippen LogP contribution in [0.4, 0.5) is 5.82 Å². The number of aliphatic hydroxyl groups excluding tert-OH is 3. The normalized spacial score (nSPS) is 25.2. The second-order valence-corrected chi connectivity index (χ2v) is 7.50. The van der Waals surface area contributed by atoms with Crippen LogP contribution in [0.2, 0.25) is 0 Å². The van der Waals surface area contributed by atoms with Crippen LogP contribution in [-0.2, 0) is 11.3 Å². The highest BCUT2D eigenvalue weighted by Crippen LogP contribution is 2.32. The summed E-state index contributed by atoms with van der Waals surface area (Å²) < 4.78 is 8.26. The first-order valence-electron chi connectivity index (χ1n) is 8.37. The van der Waals surface area contributed by atoms with Crippen molar-refractivity contribution in [1.29, 1.82) is 0 Å². The van der Waals surface area contributed by atoms with Crippen molar-refractivity contribution in [2.24, 2.45) is 0 Å². The van der Waals surface area contributed by atoms with E-state index in [0.717, 1.165) is 9.13 Å². The Hall–Kier alpha value is -1.86. The number of halogens is 1. The van der Waals surface area contributed by atoms with Gasteiger partial charge >= 0.3 is 0 Å². The maximum absolute atomic E-state index is 10.2. The second-order valence-electron chi connectivity index (χ2n) is 6.26. The molecule has 9 nitrogen and oxygen atoms in total. The van der Waals surface area contributed by atoms with Crippen LogP contribution in [-0.4, -0.2) is 59.8 Å². The molecule has 4 N–H and O–H groups in total. The molecule has 0 unspecified atom stereocenters. The zero-order valence-corrected chi connectivity index (χ0v) is 16.3. The summed E-state index contributed by atoms with van der Waals surface area (Å²) in [5.74, 6) is 0.559. The number of nitrogens with zero attached hydrogens (tertiary/aromatic N) is 4. The van der Waals surface area contributed by atoms with E-state index >= 15 is 0 Å². The molecule has 2 aromatic heterocycles. The van der Waals surface area contributed by atoms with Crippen LogP contribution in [0.25, 0.3) is 11.2 Å². The number of nitrogens with one attached hydrogen (secondary N) is 1. The van der Waals surface area contributed by atoms with Crippen molar-refractivity contribution in [3.8, 4) is 0 Å². The van der Waals surface area contributed by atoms with Crippen LogP contribution in [0.5, 0.6) is 0 Å². The van der Waals surface area contributed by atoms with E-state index in [9.17, 15) is 15.3 Å². The molecule has 10 heteroatoms. The average molecular weight is 483 g/mol. The van der Waals surface area contributed by atoms with Gasteiger partial charge in [0.25, 0.3) is 0 Å². The molecule has 142 valence electrons. The van der Waals surface area contributed by atoms with E-state index in [2.05, 4.69) is 42.9 Å². The Labute approximate surface area is 168 Å². The second kappa shape index (κ2) is 7.64. The molecule has 0 saturated carbocycles. The van der Waals surface area contributed by atoms with E-state index in [1.165, 1.54) is 17.2 Å². The Kier molecular flexibility index (Phi) is 5.23. The number of imidazole rings is 1. The van der Waals surface area contributed by atoms with Crippen molar-refractivity contribution < 1.29 is 20.1 Å². The SMILES string of the molecule is OC[C@H]1O[C@@H](n2cnc3c(NCc4ccc(I)cc4)ncnc32)[C@H](O)[C@@H]1O. The van der Waals surface area contributed by atoms with E-state index in [4.69, 9.17) is 4.74 Å². The van der Waals surface area contributed by atoms with Gasteiger partial charge in [-0.05, 0) is 40.3 Å². The number of rotatable bonds is 5. The molecular weight excluding hydrogens is 465 g/mol. The average Bonchev–Trinajstić information content (AvgIpc) is 3.23. The number of anilines is 1. The van der Waals surface area contributed by atoms with Gasteiger partial charge in [-0.15, -0.1) is 0 Å². The minimum atomic E-state index is -1.20. The molecule has 3 aromatic rings. The van der Waals surface area contributed by atoms with Crippen LogP contribution >= 0.6 is 22.6 Å². The molecule has 4 atom stereocenters. The molecule has 1 aromatic carbocycles. The van der Waals surface area contributed by atoms with Crippen LogP contribution in [0.3, 0.4) is 0 Å². The van der Waals surface area contributed by atoms with Gasteiger partial charge in [-0.1, -0.05) is 12.1 Å². The predicted molar refractivity (Wildman–Crippen MR) is 105 cm³/mol. The standard InChI is InChI=1S/C17H18IN5O4/c18-10-3-1-9(2-4-10)5-19-15-12-16(21-7-20-15)23(8-22-12)17-14(26)13(25)11(6-24)27-17/h1-4,7-8,11,13-14,17,24-26H,5-6H2,(H,19,20,21)/t11-,13-,14-,17-/m1/s1. The summed E-state index contributed by atoms with van der Waals surface area (Å²) in [5.41, 5.74) is 2.09. The van der Waals surface area contributed by atoms with Crippen molar-refractivity contribution in [2.45, 2.75) is 31.1 Å². The highest BCUT2D eigenvalue weighted by Gasteiger charge is 2.44. The Morgan fingerprint density at radius 1 is 1.11 bits per heavy atom. The molecule has 1 saturated heterocycles. The zero-order chi connectivity index (χ0) is 19.0. The lowest BCUT2D eigenvalue weighted by atomic mass is 10.1. The van der Waals surface area contributed by atoms with Crippen LogP contribution in [0.1, 0.15) is 11.8 Å². The topological polar surface area (TPSA) is 126 Å². The van der Waals surface area contributed by atoms with Gasteiger partial charge in [0, 0.05) is 10.1 Å². The summed E-state index contributed by atoms with van der Waals surface area (Å²) in [6.45, 7) is 0.183. The molecule has 1 aliphatic heterocycles. The molecule has 1 aliphatic rings. The molecule has 1 fully saturated rings. The summed E-state index contributed by atoms with van der Waals surface area (Å²) >= 11 is 2.26. The first-order chi connectivity index (χ1) is 13.1. The van der Waals surface area contributed by atoms with E-state index in [-0.39, 0.29) is 6.61 Å². The molecule has 0 spiro atoms. The summed E-state index contributed by atoms with van der Waals surface area (Å²) in [6.07, 6.45) is -1.24. The molecule has 0 radical (unpaired) electrons. The Balaban J connectivity index is 1.59. The molecule has 0 bridgehead atoms. The quantitative estimate of drug-likeness (QED) is 0.390. The first kappa shape index (κ1) is 18.5. The van der Waals surface area contributed by atoms with Crippen molar-refractivity contribution in [3.05, 3.63) is 46.1 Å². The summed E-state index contributed by atoms with van der Waals surface area (Å²) in [5, 5.41) is 32.7. The predicted octanol–water partition coefficient (Wildman–Crippen LogP) is 0.654. The monoisotopic (exact) mass is 483 g/mol. The van der Waals surface area contributed by atoms with Gasteiger partial charge in [0.2, 0.25) is 0 Å². The van der Waals surface area contributed by atoms with Crippen molar-refractivity contribution in [1.82, 2.24) is 19.5 Å². The highest BCUT2D eigenvalue weighted by molar-refractivity contribution is 14.1. The molecule has 3 heterocycles. The fourth-order valence-corrected chi connectivity index (χ4v) is 3.42. The highest BCUT2D eigenvalue weighted by atomic mass is 127. The molecule has 0 aliphatic carbocycles. The first-order valence-corrected chi connectivity index (χ1v) is 9.44. The molecule has 0 amide bonds. The Bertz CT molecular complexity index is 935. The summed E-state index contributed by atoms with van der Waals surface area (Å²) in [6, 6.07) is 8.13. The maximum Gasteiger partial charge on any atom is 0.167 e. The number of aromatic nitrogens is 4. The maximum atomic E-state index is 10.2. The van der Waals surface area contributed by atoms with Crippen molar-refractivity contribution >= 4 is 39.6 Å². The van der Waals surface area contributed by atoms with Gasteiger partial charge in [0.1, 0.15) is 24.6 Å². The van der Waals surface area contributed by atoms with E-state index in [0.29, 0.717) is 23.5 Å². The molecule has 27 heavy (non-hydrogen) atoms. The van der Waals surface area contributed by atoms with Gasteiger partial charge in [0.05, 0.1) is 12.9 Å². The fourth-order valence-electron chi connectivity index (χ4n) is 3.07. The van der Waals surface area contributed by atoms with E-state index in [1.54, 1.807) is 0 Å². The number of hydrogen-bond donors (Lipinski definition) is 4. The lowest BCUT2D eigenvalue weighted by Gasteiger charge is -2.16. The Morgan fingerprint density at radius 3 is 2.59 bits per heavy atom. The minimum absolute atomic E-state index is 0.390. The number of fused-ring (bicyclic) bond motifs is 1. The third-order valence-electron chi connectivity index (χ3n) is 4.52. The van der Waals surface area contributed by atoms with Crippen LogP contribution in [0.15, 0.2) is 36.9 Å². The van der Waals surface area contributed by atoms with Gasteiger partial charge in [-0.3, -0.25) is 4.57 Å². The summed E-state index contributed by atoms with van der Waals surface area (Å²) in [7, 11) is 0. The third kappa shape index (κ3) is 3.50. The Morgan fingerprint density at radius 2 is 1.89 bits per heavy atom. The van der Waals surface area contributed by atoms with Crippen molar-refractivity contribution in [3.63, 3.8) is 0 Å². The number of aliphatic hydroxyl groups is 3. The zero-order valence-electron chi connectivity index (χ0n) is 14.1. The van der Waals surface area contributed by atoms with Crippen LogP contribution < -0.4 is 5.32 Å². The van der Waals surface area contributed by atoms with Gasteiger partial charge in [-0.25, -0.2) is 15.0 Å². The third-order valence-corrected chi connectivity index (χ3v) is 5.24.